The molecule has 1 aromatic heterocycles. The first-order chi connectivity index (χ1) is 14.5. The second-order valence-corrected chi connectivity index (χ2v) is 7.78. The van der Waals surface area contributed by atoms with Crippen LogP contribution in [0.5, 0.6) is 0 Å². The van der Waals surface area contributed by atoms with Crippen molar-refractivity contribution < 1.29 is 9.53 Å². The lowest BCUT2D eigenvalue weighted by molar-refractivity contribution is 0.0600. The molecule has 0 saturated carbocycles. The smallest absolute Gasteiger partial charge is 0.337 e. The Morgan fingerprint density at radius 2 is 1.80 bits per heavy atom. The van der Waals surface area contributed by atoms with E-state index in [-0.39, 0.29) is 11.5 Å². The number of methoxy groups -OCH3 is 1. The zero-order chi connectivity index (χ0) is 21.5. The minimum absolute atomic E-state index is 0.0497. The molecule has 4 nitrogen and oxygen atoms in total. The molecule has 0 atom stereocenters. The van der Waals surface area contributed by atoms with E-state index < -0.39 is 0 Å². The number of halogens is 1. The van der Waals surface area contributed by atoms with Gasteiger partial charge in [-0.3, -0.25) is 4.79 Å². The maximum atomic E-state index is 12.6. The molecule has 3 rings (SSSR count). The molecule has 5 heteroatoms. The summed E-state index contributed by atoms with van der Waals surface area (Å²) in [5, 5.41) is 0. The lowest BCUT2D eigenvalue weighted by Crippen LogP contribution is -2.22. The van der Waals surface area contributed by atoms with Gasteiger partial charge in [0.2, 0.25) is 0 Å². The number of aromatic nitrogens is 1. The third kappa shape index (κ3) is 5.36. The van der Waals surface area contributed by atoms with E-state index >= 15 is 0 Å². The maximum Gasteiger partial charge on any atom is 0.337 e. The second kappa shape index (κ2) is 10.2. The number of rotatable bonds is 7. The zero-order valence-electron chi connectivity index (χ0n) is 17.1. The first kappa shape index (κ1) is 21.8. The molecule has 0 bridgehead atoms. The minimum atomic E-state index is -0.357. The number of aryl methyl sites for hydroxylation is 2. The number of carbonyl (C=O) groups is 1. The van der Waals surface area contributed by atoms with Crippen LogP contribution in [0, 0.1) is 0 Å². The van der Waals surface area contributed by atoms with Gasteiger partial charge in [-0.05, 0) is 69.7 Å². The molecule has 0 saturated heterocycles. The van der Waals surface area contributed by atoms with E-state index in [1.165, 1.54) is 12.7 Å². The molecule has 0 radical (unpaired) electrons. The molecule has 3 aromatic rings. The average molecular weight is 466 g/mol. The monoisotopic (exact) mass is 465 g/mol. The predicted molar refractivity (Wildman–Crippen MR) is 125 cm³/mol. The number of hydrogen-bond donors (Lipinski definition) is 0. The minimum Gasteiger partial charge on any atom is -0.465 e. The van der Waals surface area contributed by atoms with E-state index in [0.29, 0.717) is 18.5 Å². The molecule has 0 amide bonds. The summed E-state index contributed by atoms with van der Waals surface area (Å²) in [4.78, 5) is 24.1. The van der Waals surface area contributed by atoms with Crippen molar-refractivity contribution in [1.82, 2.24) is 4.57 Å². The number of carbonyl (C=O) groups excluding carboxylic acids is 1. The van der Waals surface area contributed by atoms with Crippen LogP contribution in [0.3, 0.4) is 0 Å². The van der Waals surface area contributed by atoms with E-state index in [9.17, 15) is 9.59 Å². The fourth-order valence-corrected chi connectivity index (χ4v) is 3.70. The lowest BCUT2D eigenvalue weighted by atomic mass is 10.1. The van der Waals surface area contributed by atoms with Crippen molar-refractivity contribution in [2.24, 2.45) is 0 Å². The molecule has 0 aliphatic carbocycles. The molecule has 0 spiro atoms. The van der Waals surface area contributed by atoms with E-state index in [4.69, 9.17) is 4.74 Å². The van der Waals surface area contributed by atoms with Gasteiger partial charge in [-0.15, -0.1) is 0 Å². The van der Waals surface area contributed by atoms with Crippen molar-refractivity contribution >= 4 is 34.1 Å². The highest BCUT2D eigenvalue weighted by Gasteiger charge is 2.08. The highest BCUT2D eigenvalue weighted by atomic mass is 79.9. The van der Waals surface area contributed by atoms with Crippen LogP contribution in [-0.4, -0.2) is 17.6 Å². The van der Waals surface area contributed by atoms with Crippen molar-refractivity contribution in [2.75, 3.05) is 7.11 Å². The number of ether oxygens (including phenoxy) is 1. The number of pyridine rings is 1. The van der Waals surface area contributed by atoms with Crippen molar-refractivity contribution in [1.29, 1.82) is 0 Å². The molecular weight excluding hydrogens is 442 g/mol. The molecule has 0 aliphatic rings. The van der Waals surface area contributed by atoms with Gasteiger partial charge in [-0.25, -0.2) is 4.79 Å². The number of esters is 1. The average Bonchev–Trinajstić information content (AvgIpc) is 2.78. The Morgan fingerprint density at radius 3 is 2.50 bits per heavy atom. The van der Waals surface area contributed by atoms with E-state index in [0.717, 1.165) is 27.7 Å². The van der Waals surface area contributed by atoms with Crippen LogP contribution >= 0.6 is 15.9 Å². The molecule has 0 fully saturated rings. The summed E-state index contributed by atoms with van der Waals surface area (Å²) >= 11 is 3.58. The highest BCUT2D eigenvalue weighted by Crippen LogP contribution is 2.19. The fourth-order valence-electron chi connectivity index (χ4n) is 3.23. The molecule has 2 aromatic carbocycles. The Balaban J connectivity index is 1.83. The lowest BCUT2D eigenvalue weighted by Gasteiger charge is -2.12. The Labute approximate surface area is 185 Å². The predicted octanol–water partition coefficient (Wildman–Crippen LogP) is 5.37. The Morgan fingerprint density at radius 1 is 1.03 bits per heavy atom. The Kier molecular flexibility index (Phi) is 7.41. The summed E-state index contributed by atoms with van der Waals surface area (Å²) in [6.45, 7) is 2.66. The van der Waals surface area contributed by atoms with Crippen molar-refractivity contribution in [3.8, 4) is 0 Å². The van der Waals surface area contributed by atoms with Gasteiger partial charge in [-0.2, -0.15) is 0 Å². The van der Waals surface area contributed by atoms with E-state index in [1.54, 1.807) is 28.8 Å². The van der Waals surface area contributed by atoms with Crippen molar-refractivity contribution in [3.63, 3.8) is 0 Å². The summed E-state index contributed by atoms with van der Waals surface area (Å²) < 4.78 is 7.36. The highest BCUT2D eigenvalue weighted by molar-refractivity contribution is 9.10. The summed E-state index contributed by atoms with van der Waals surface area (Å²) in [5.41, 5.74) is 4.71. The zero-order valence-corrected chi connectivity index (χ0v) is 18.7. The fraction of sp³-hybridized carbons (Fsp3) is 0.200. The van der Waals surface area contributed by atoms with Gasteiger partial charge >= 0.3 is 5.97 Å². The third-order valence-electron chi connectivity index (χ3n) is 4.97. The van der Waals surface area contributed by atoms with E-state index in [1.807, 2.05) is 30.4 Å². The van der Waals surface area contributed by atoms with Gasteiger partial charge in [0.15, 0.2) is 0 Å². The van der Waals surface area contributed by atoms with Gasteiger partial charge in [-0.1, -0.05) is 49.4 Å². The molecule has 30 heavy (non-hydrogen) atoms. The molecule has 0 aliphatic heterocycles. The second-order valence-electron chi connectivity index (χ2n) is 6.93. The third-order valence-corrected chi connectivity index (χ3v) is 5.64. The van der Waals surface area contributed by atoms with Crippen molar-refractivity contribution in [2.45, 2.75) is 26.3 Å². The van der Waals surface area contributed by atoms with Gasteiger partial charge in [0.1, 0.15) is 0 Å². The molecular formula is C25H24BrNO3. The summed E-state index contributed by atoms with van der Waals surface area (Å²) in [6, 6.07) is 19.0. The van der Waals surface area contributed by atoms with Crippen LogP contribution in [0.15, 0.2) is 69.9 Å². The Hall–Kier alpha value is -2.92. The normalized spacial score (nSPS) is 11.0. The standard InChI is InChI=1S/C25H24BrNO3/c1-3-18-5-4-6-20(17-18)9-13-23-22(26)12-14-24(28)27(23)16-15-19-7-10-21(11-8-19)25(29)30-2/h4-14,17H,3,15-16H2,1-2H3. The largest absolute Gasteiger partial charge is 0.465 e. The first-order valence-corrected chi connectivity index (χ1v) is 10.6. The van der Waals surface area contributed by atoms with Crippen LogP contribution in [0.2, 0.25) is 0 Å². The van der Waals surface area contributed by atoms with Gasteiger partial charge in [0.05, 0.1) is 18.4 Å². The topological polar surface area (TPSA) is 48.3 Å². The van der Waals surface area contributed by atoms with Gasteiger partial charge in [0.25, 0.3) is 5.56 Å². The number of benzene rings is 2. The molecule has 1 heterocycles. The van der Waals surface area contributed by atoms with Crippen LogP contribution in [0.25, 0.3) is 12.2 Å². The van der Waals surface area contributed by atoms with Crippen LogP contribution < -0.4 is 5.56 Å². The van der Waals surface area contributed by atoms with Crippen LogP contribution in [0.1, 0.15) is 39.7 Å². The summed E-state index contributed by atoms with van der Waals surface area (Å²) in [6.07, 6.45) is 5.65. The van der Waals surface area contributed by atoms with E-state index in [2.05, 4.69) is 41.1 Å². The SMILES string of the molecule is CCc1cccc(C=Cc2c(Br)ccc(=O)n2CCc2ccc(C(=O)OC)cc2)c1. The van der Waals surface area contributed by atoms with Gasteiger partial charge in [0, 0.05) is 17.1 Å². The summed E-state index contributed by atoms with van der Waals surface area (Å²) in [7, 11) is 1.36. The maximum absolute atomic E-state index is 12.6. The number of nitrogens with zero attached hydrogens (tertiary/aromatic N) is 1. The molecule has 0 unspecified atom stereocenters. The van der Waals surface area contributed by atoms with Gasteiger partial charge < -0.3 is 9.30 Å². The number of hydrogen-bond acceptors (Lipinski definition) is 3. The quantitative estimate of drug-likeness (QED) is 0.440. The molecule has 154 valence electrons. The molecule has 0 N–H and O–H groups in total. The Bertz CT molecular complexity index is 1110. The van der Waals surface area contributed by atoms with Crippen molar-refractivity contribution in [3.05, 3.63) is 103 Å². The summed E-state index contributed by atoms with van der Waals surface area (Å²) in [5.74, 6) is -0.357. The van der Waals surface area contributed by atoms with Crippen LogP contribution in [0.4, 0.5) is 0 Å². The van der Waals surface area contributed by atoms with Crippen LogP contribution in [-0.2, 0) is 24.1 Å². The first-order valence-electron chi connectivity index (χ1n) is 9.85.